The number of benzene rings is 1. The molecule has 0 aliphatic heterocycles. The van der Waals surface area contributed by atoms with Gasteiger partial charge in [0.05, 0.1) is 16.4 Å². The van der Waals surface area contributed by atoms with Gasteiger partial charge in [-0.05, 0) is 17.9 Å². The molecule has 1 aromatic rings. The van der Waals surface area contributed by atoms with Crippen molar-refractivity contribution in [3.05, 3.63) is 23.0 Å². The Labute approximate surface area is 101 Å². The van der Waals surface area contributed by atoms with E-state index >= 15 is 0 Å². The molecule has 1 aromatic carbocycles. The summed E-state index contributed by atoms with van der Waals surface area (Å²) < 4.78 is 13.2. The highest BCUT2D eigenvalue weighted by atomic mass is 35.5. The predicted octanol–water partition coefficient (Wildman–Crippen LogP) is 3.91. The maximum absolute atomic E-state index is 13.2. The highest BCUT2D eigenvalue weighted by molar-refractivity contribution is 6.31. The van der Waals surface area contributed by atoms with E-state index in [2.05, 4.69) is 26.1 Å². The normalized spacial score (nSPS) is 11.6. The van der Waals surface area contributed by atoms with Crippen molar-refractivity contribution in [2.75, 3.05) is 17.6 Å². The van der Waals surface area contributed by atoms with Crippen LogP contribution in [0.2, 0.25) is 5.02 Å². The number of hydrogen-bond donors (Lipinski definition) is 2. The van der Waals surface area contributed by atoms with E-state index in [4.69, 9.17) is 17.3 Å². The molecule has 0 fully saturated rings. The summed E-state index contributed by atoms with van der Waals surface area (Å²) in [5.41, 5.74) is 6.97. The molecular weight excluding hydrogens is 227 g/mol. The molecule has 4 heteroatoms. The van der Waals surface area contributed by atoms with Gasteiger partial charge in [-0.2, -0.15) is 0 Å². The molecule has 0 saturated carbocycles. The first-order valence-corrected chi connectivity index (χ1v) is 5.72. The van der Waals surface area contributed by atoms with Crippen LogP contribution in [0, 0.1) is 11.2 Å². The van der Waals surface area contributed by atoms with Gasteiger partial charge in [-0.15, -0.1) is 0 Å². The fraction of sp³-hybridized carbons (Fsp3) is 0.500. The zero-order valence-corrected chi connectivity index (χ0v) is 10.7. The number of nitrogens with one attached hydrogen (secondary N) is 1. The number of rotatable bonds is 4. The van der Waals surface area contributed by atoms with E-state index in [9.17, 15) is 4.39 Å². The largest absolute Gasteiger partial charge is 0.397 e. The molecule has 2 nitrogen and oxygen atoms in total. The van der Waals surface area contributed by atoms with Crippen LogP contribution in [0.4, 0.5) is 15.8 Å². The van der Waals surface area contributed by atoms with Crippen LogP contribution in [0.3, 0.4) is 0 Å². The maximum Gasteiger partial charge on any atom is 0.143 e. The number of hydrogen-bond acceptors (Lipinski definition) is 2. The van der Waals surface area contributed by atoms with Crippen LogP contribution in [0.5, 0.6) is 0 Å². The smallest absolute Gasteiger partial charge is 0.143 e. The van der Waals surface area contributed by atoms with E-state index in [1.807, 2.05) is 0 Å². The fourth-order valence-corrected chi connectivity index (χ4v) is 1.35. The minimum Gasteiger partial charge on any atom is -0.397 e. The van der Waals surface area contributed by atoms with Crippen molar-refractivity contribution < 1.29 is 4.39 Å². The van der Waals surface area contributed by atoms with Crippen molar-refractivity contribution in [2.45, 2.75) is 27.2 Å². The summed E-state index contributed by atoms with van der Waals surface area (Å²) in [6.45, 7) is 7.15. The molecular formula is C12H18ClFN2. The van der Waals surface area contributed by atoms with Crippen molar-refractivity contribution >= 4 is 23.0 Å². The predicted molar refractivity (Wildman–Crippen MR) is 68.4 cm³/mol. The van der Waals surface area contributed by atoms with E-state index in [-0.39, 0.29) is 10.4 Å². The summed E-state index contributed by atoms with van der Waals surface area (Å²) >= 11 is 5.62. The van der Waals surface area contributed by atoms with E-state index in [0.29, 0.717) is 11.4 Å². The number of halogens is 2. The summed E-state index contributed by atoms with van der Waals surface area (Å²) in [4.78, 5) is 0. The molecule has 0 heterocycles. The standard InChI is InChI=1S/C12H18ClFN2/c1-4-12(2,3)7-16-11-6-9(14)8(13)5-10(11)15/h5-6,16H,4,7,15H2,1-3H3. The minimum atomic E-state index is -0.451. The number of nitrogens with two attached hydrogens (primary N) is 1. The average molecular weight is 245 g/mol. The molecule has 90 valence electrons. The Hall–Kier alpha value is -0.960. The lowest BCUT2D eigenvalue weighted by Crippen LogP contribution is -2.22. The SMILES string of the molecule is CCC(C)(C)CNc1cc(F)c(Cl)cc1N. The molecule has 0 radical (unpaired) electrons. The zero-order valence-electron chi connectivity index (χ0n) is 9.90. The topological polar surface area (TPSA) is 38.0 Å². The summed E-state index contributed by atoms with van der Waals surface area (Å²) in [6, 6.07) is 2.77. The zero-order chi connectivity index (χ0) is 12.3. The highest BCUT2D eigenvalue weighted by Gasteiger charge is 2.15. The van der Waals surface area contributed by atoms with E-state index in [1.54, 1.807) is 0 Å². The molecule has 0 amide bonds. The number of nitrogen functional groups attached to an aromatic ring is 1. The van der Waals surface area contributed by atoms with Crippen molar-refractivity contribution in [3.8, 4) is 0 Å². The van der Waals surface area contributed by atoms with Gasteiger partial charge in [-0.3, -0.25) is 0 Å². The maximum atomic E-state index is 13.2. The molecule has 1 rings (SSSR count). The van der Waals surface area contributed by atoms with Crippen LogP contribution in [0.25, 0.3) is 0 Å². The van der Waals surface area contributed by atoms with Gasteiger partial charge in [0.1, 0.15) is 5.82 Å². The minimum absolute atomic E-state index is 0.0535. The molecule has 0 aliphatic carbocycles. The van der Waals surface area contributed by atoms with Crippen molar-refractivity contribution in [3.63, 3.8) is 0 Å². The average Bonchev–Trinajstić information content (AvgIpc) is 2.22. The Morgan fingerprint density at radius 3 is 2.62 bits per heavy atom. The Morgan fingerprint density at radius 2 is 2.06 bits per heavy atom. The molecule has 0 bridgehead atoms. The van der Waals surface area contributed by atoms with Crippen molar-refractivity contribution in [1.29, 1.82) is 0 Å². The van der Waals surface area contributed by atoms with Gasteiger partial charge in [0.25, 0.3) is 0 Å². The Kier molecular flexibility index (Phi) is 4.03. The van der Waals surface area contributed by atoms with Gasteiger partial charge in [0.2, 0.25) is 0 Å². The lowest BCUT2D eigenvalue weighted by Gasteiger charge is -2.24. The fourth-order valence-electron chi connectivity index (χ4n) is 1.17. The molecule has 0 aliphatic rings. The first-order chi connectivity index (χ1) is 7.35. The summed E-state index contributed by atoms with van der Waals surface area (Å²) in [5, 5.41) is 3.20. The third kappa shape index (κ3) is 3.27. The first-order valence-electron chi connectivity index (χ1n) is 5.34. The second-order valence-electron chi connectivity index (χ2n) is 4.72. The molecule has 0 spiro atoms. The van der Waals surface area contributed by atoms with Gasteiger partial charge < -0.3 is 11.1 Å². The van der Waals surface area contributed by atoms with Crippen LogP contribution >= 0.6 is 11.6 Å². The van der Waals surface area contributed by atoms with E-state index < -0.39 is 5.82 Å². The number of anilines is 2. The van der Waals surface area contributed by atoms with Gasteiger partial charge in [-0.25, -0.2) is 4.39 Å². The van der Waals surface area contributed by atoms with Crippen molar-refractivity contribution in [2.24, 2.45) is 5.41 Å². The van der Waals surface area contributed by atoms with Crippen LogP contribution in [-0.2, 0) is 0 Å². The van der Waals surface area contributed by atoms with Gasteiger partial charge in [0.15, 0.2) is 0 Å². The van der Waals surface area contributed by atoms with Gasteiger partial charge in [0, 0.05) is 12.6 Å². The molecule has 0 saturated heterocycles. The Balaban J connectivity index is 2.79. The van der Waals surface area contributed by atoms with Gasteiger partial charge >= 0.3 is 0 Å². The lowest BCUT2D eigenvalue weighted by molar-refractivity contribution is 0.377. The first kappa shape index (κ1) is 13.1. The van der Waals surface area contributed by atoms with Crippen LogP contribution in [0.1, 0.15) is 27.2 Å². The third-order valence-corrected chi connectivity index (χ3v) is 3.10. The molecule has 0 atom stereocenters. The molecule has 0 aromatic heterocycles. The van der Waals surface area contributed by atoms with E-state index in [1.165, 1.54) is 12.1 Å². The highest BCUT2D eigenvalue weighted by Crippen LogP contribution is 2.28. The van der Waals surface area contributed by atoms with Crippen LogP contribution in [0.15, 0.2) is 12.1 Å². The molecule has 16 heavy (non-hydrogen) atoms. The third-order valence-electron chi connectivity index (χ3n) is 2.81. The summed E-state index contributed by atoms with van der Waals surface area (Å²) in [7, 11) is 0. The monoisotopic (exact) mass is 244 g/mol. The summed E-state index contributed by atoms with van der Waals surface area (Å²) in [5.74, 6) is -0.451. The lowest BCUT2D eigenvalue weighted by atomic mass is 9.90. The quantitative estimate of drug-likeness (QED) is 0.788. The van der Waals surface area contributed by atoms with Crippen LogP contribution in [-0.4, -0.2) is 6.54 Å². The van der Waals surface area contributed by atoms with E-state index in [0.717, 1.165) is 13.0 Å². The molecule has 3 N–H and O–H groups in total. The molecule has 0 unspecified atom stereocenters. The van der Waals surface area contributed by atoms with Crippen LogP contribution < -0.4 is 11.1 Å². The van der Waals surface area contributed by atoms with Gasteiger partial charge in [-0.1, -0.05) is 32.4 Å². The Bertz CT molecular complexity index is 378. The van der Waals surface area contributed by atoms with Crippen molar-refractivity contribution in [1.82, 2.24) is 0 Å². The Morgan fingerprint density at radius 1 is 1.44 bits per heavy atom. The second-order valence-corrected chi connectivity index (χ2v) is 5.13. The second kappa shape index (κ2) is 4.91. The summed E-state index contributed by atoms with van der Waals surface area (Å²) in [6.07, 6.45) is 1.04.